The van der Waals surface area contributed by atoms with Crippen molar-refractivity contribution < 1.29 is 4.79 Å². The van der Waals surface area contributed by atoms with E-state index in [1.54, 1.807) is 10.7 Å². The zero-order valence-electron chi connectivity index (χ0n) is 11.6. The SMILES string of the molecule is Cc1ccn2ncc(C(=O)NC3(CN)CCCC3)c2n1. The van der Waals surface area contributed by atoms with Crippen molar-refractivity contribution in [1.82, 2.24) is 19.9 Å². The lowest BCUT2D eigenvalue weighted by Crippen LogP contribution is -2.51. The molecule has 0 unspecified atom stereocenters. The molecular formula is C14H19N5O. The molecule has 2 aromatic heterocycles. The monoisotopic (exact) mass is 273 g/mol. The van der Waals surface area contributed by atoms with Gasteiger partial charge in [-0.15, -0.1) is 0 Å². The van der Waals surface area contributed by atoms with Gasteiger partial charge in [-0.25, -0.2) is 9.50 Å². The molecule has 3 rings (SSSR count). The molecule has 6 nitrogen and oxygen atoms in total. The molecule has 1 fully saturated rings. The maximum absolute atomic E-state index is 12.5. The summed E-state index contributed by atoms with van der Waals surface area (Å²) in [4.78, 5) is 16.9. The predicted octanol–water partition coefficient (Wildman–Crippen LogP) is 1.04. The van der Waals surface area contributed by atoms with Crippen molar-refractivity contribution in [1.29, 1.82) is 0 Å². The first kappa shape index (κ1) is 13.1. The highest BCUT2D eigenvalue weighted by molar-refractivity contribution is 6.00. The van der Waals surface area contributed by atoms with Gasteiger partial charge in [0.25, 0.3) is 5.91 Å². The van der Waals surface area contributed by atoms with E-state index in [0.29, 0.717) is 17.8 Å². The normalized spacial score (nSPS) is 17.5. The zero-order chi connectivity index (χ0) is 14.2. The average Bonchev–Trinajstić information content (AvgIpc) is 3.05. The van der Waals surface area contributed by atoms with Crippen LogP contribution < -0.4 is 11.1 Å². The second kappa shape index (κ2) is 4.86. The van der Waals surface area contributed by atoms with Gasteiger partial charge in [-0.2, -0.15) is 5.10 Å². The van der Waals surface area contributed by atoms with Crippen molar-refractivity contribution in [2.75, 3.05) is 6.54 Å². The summed E-state index contributed by atoms with van der Waals surface area (Å²) in [6.07, 6.45) is 7.49. The van der Waals surface area contributed by atoms with Crippen LogP contribution >= 0.6 is 0 Å². The molecule has 0 atom stereocenters. The third-order valence-corrected chi connectivity index (χ3v) is 4.08. The number of carbonyl (C=O) groups excluding carboxylic acids is 1. The molecule has 1 aliphatic rings. The number of fused-ring (bicyclic) bond motifs is 1. The molecule has 0 aliphatic heterocycles. The van der Waals surface area contributed by atoms with Crippen LogP contribution in [0.2, 0.25) is 0 Å². The van der Waals surface area contributed by atoms with Crippen LogP contribution in [0.3, 0.4) is 0 Å². The molecule has 2 aromatic rings. The van der Waals surface area contributed by atoms with E-state index in [9.17, 15) is 4.79 Å². The van der Waals surface area contributed by atoms with E-state index >= 15 is 0 Å². The summed E-state index contributed by atoms with van der Waals surface area (Å²) in [5, 5.41) is 7.26. The Labute approximate surface area is 117 Å². The molecule has 0 radical (unpaired) electrons. The number of nitrogens with one attached hydrogen (secondary N) is 1. The summed E-state index contributed by atoms with van der Waals surface area (Å²) in [6, 6.07) is 1.86. The maximum Gasteiger partial charge on any atom is 0.257 e. The summed E-state index contributed by atoms with van der Waals surface area (Å²) in [5.41, 5.74) is 7.56. The lowest BCUT2D eigenvalue weighted by atomic mass is 9.97. The van der Waals surface area contributed by atoms with Crippen LogP contribution in [0.4, 0.5) is 0 Å². The fraction of sp³-hybridized carbons (Fsp3) is 0.500. The Balaban J connectivity index is 1.90. The van der Waals surface area contributed by atoms with Gasteiger partial charge in [0.2, 0.25) is 0 Å². The minimum atomic E-state index is -0.255. The fourth-order valence-electron chi connectivity index (χ4n) is 2.86. The van der Waals surface area contributed by atoms with Gasteiger partial charge in [0.1, 0.15) is 5.56 Å². The summed E-state index contributed by atoms with van der Waals surface area (Å²) >= 11 is 0. The standard InChI is InChI=1S/C14H19N5O/c1-10-4-7-19-12(17-10)11(8-16-19)13(20)18-14(9-15)5-2-3-6-14/h4,7-8H,2-3,5-6,9,15H2,1H3,(H,18,20). The van der Waals surface area contributed by atoms with E-state index in [1.807, 2.05) is 19.2 Å². The Bertz CT molecular complexity index is 642. The third kappa shape index (κ3) is 2.16. The number of rotatable bonds is 3. The van der Waals surface area contributed by atoms with E-state index in [-0.39, 0.29) is 11.4 Å². The van der Waals surface area contributed by atoms with Crippen molar-refractivity contribution in [3.8, 4) is 0 Å². The van der Waals surface area contributed by atoms with Crippen molar-refractivity contribution in [3.63, 3.8) is 0 Å². The minimum Gasteiger partial charge on any atom is -0.345 e. The van der Waals surface area contributed by atoms with Gasteiger partial charge in [0.05, 0.1) is 11.7 Å². The first-order valence-corrected chi connectivity index (χ1v) is 6.97. The van der Waals surface area contributed by atoms with Crippen molar-refractivity contribution in [3.05, 3.63) is 29.7 Å². The lowest BCUT2D eigenvalue weighted by Gasteiger charge is -2.28. The first-order valence-electron chi connectivity index (χ1n) is 6.97. The zero-order valence-corrected chi connectivity index (χ0v) is 11.6. The Morgan fingerprint density at radius 3 is 2.95 bits per heavy atom. The molecule has 1 aliphatic carbocycles. The number of hydrogen-bond acceptors (Lipinski definition) is 4. The van der Waals surface area contributed by atoms with Crippen LogP contribution in [0.25, 0.3) is 5.65 Å². The predicted molar refractivity (Wildman–Crippen MR) is 75.4 cm³/mol. The molecule has 0 spiro atoms. The molecule has 3 N–H and O–H groups in total. The lowest BCUT2D eigenvalue weighted by molar-refractivity contribution is 0.0904. The van der Waals surface area contributed by atoms with Gasteiger partial charge in [-0.05, 0) is 25.8 Å². The topological polar surface area (TPSA) is 85.3 Å². The van der Waals surface area contributed by atoms with Crippen LogP contribution in [-0.4, -0.2) is 32.6 Å². The highest BCUT2D eigenvalue weighted by atomic mass is 16.1. The molecule has 0 bridgehead atoms. The van der Waals surface area contributed by atoms with E-state index < -0.39 is 0 Å². The van der Waals surface area contributed by atoms with Crippen LogP contribution in [0.15, 0.2) is 18.5 Å². The molecule has 1 amide bonds. The average molecular weight is 273 g/mol. The summed E-state index contributed by atoms with van der Waals surface area (Å²) < 4.78 is 1.62. The van der Waals surface area contributed by atoms with Gasteiger partial charge in [-0.3, -0.25) is 4.79 Å². The largest absolute Gasteiger partial charge is 0.345 e. The van der Waals surface area contributed by atoms with E-state index in [2.05, 4.69) is 15.4 Å². The minimum absolute atomic E-state index is 0.134. The quantitative estimate of drug-likeness (QED) is 0.875. The number of aryl methyl sites for hydroxylation is 1. The fourth-order valence-corrected chi connectivity index (χ4v) is 2.86. The molecule has 2 heterocycles. The number of carbonyl (C=O) groups is 1. The van der Waals surface area contributed by atoms with E-state index in [4.69, 9.17) is 5.73 Å². The first-order chi connectivity index (χ1) is 9.63. The van der Waals surface area contributed by atoms with Crippen molar-refractivity contribution in [2.45, 2.75) is 38.1 Å². The third-order valence-electron chi connectivity index (χ3n) is 4.08. The van der Waals surface area contributed by atoms with Gasteiger partial charge < -0.3 is 11.1 Å². The summed E-state index contributed by atoms with van der Waals surface area (Å²) in [5.74, 6) is -0.134. The number of hydrogen-bond donors (Lipinski definition) is 2. The van der Waals surface area contributed by atoms with Crippen LogP contribution in [-0.2, 0) is 0 Å². The Hall–Kier alpha value is -1.95. The molecule has 0 saturated heterocycles. The number of aromatic nitrogens is 3. The van der Waals surface area contributed by atoms with Crippen molar-refractivity contribution >= 4 is 11.6 Å². The van der Waals surface area contributed by atoms with Gasteiger partial charge in [-0.1, -0.05) is 12.8 Å². The van der Waals surface area contributed by atoms with Gasteiger partial charge in [0, 0.05) is 18.4 Å². The molecule has 20 heavy (non-hydrogen) atoms. The van der Waals surface area contributed by atoms with Crippen molar-refractivity contribution in [2.24, 2.45) is 5.73 Å². The second-order valence-electron chi connectivity index (χ2n) is 5.54. The number of nitrogens with zero attached hydrogens (tertiary/aromatic N) is 3. The molecule has 106 valence electrons. The summed E-state index contributed by atoms with van der Waals surface area (Å²) in [6.45, 7) is 2.37. The Morgan fingerprint density at radius 1 is 1.50 bits per heavy atom. The highest BCUT2D eigenvalue weighted by Gasteiger charge is 2.34. The second-order valence-corrected chi connectivity index (χ2v) is 5.54. The molecule has 0 aromatic carbocycles. The van der Waals surface area contributed by atoms with Crippen LogP contribution in [0, 0.1) is 6.92 Å². The Kier molecular flexibility index (Phi) is 3.17. The smallest absolute Gasteiger partial charge is 0.257 e. The van der Waals surface area contributed by atoms with Crippen LogP contribution in [0.1, 0.15) is 41.7 Å². The molecule has 6 heteroatoms. The van der Waals surface area contributed by atoms with E-state index in [0.717, 1.165) is 31.4 Å². The highest BCUT2D eigenvalue weighted by Crippen LogP contribution is 2.29. The van der Waals surface area contributed by atoms with E-state index in [1.165, 1.54) is 0 Å². The Morgan fingerprint density at radius 2 is 2.25 bits per heavy atom. The molecular weight excluding hydrogens is 254 g/mol. The van der Waals surface area contributed by atoms with Gasteiger partial charge in [0.15, 0.2) is 5.65 Å². The molecule has 1 saturated carbocycles. The van der Waals surface area contributed by atoms with Crippen LogP contribution in [0.5, 0.6) is 0 Å². The summed E-state index contributed by atoms with van der Waals surface area (Å²) in [7, 11) is 0. The number of amides is 1. The number of nitrogens with two attached hydrogens (primary N) is 1. The van der Waals surface area contributed by atoms with Gasteiger partial charge >= 0.3 is 0 Å². The maximum atomic E-state index is 12.5.